The van der Waals surface area contributed by atoms with E-state index in [1.165, 1.54) is 5.56 Å². The van der Waals surface area contributed by atoms with Gasteiger partial charge in [-0.25, -0.2) is 4.68 Å². The predicted molar refractivity (Wildman–Crippen MR) is 95.8 cm³/mol. The summed E-state index contributed by atoms with van der Waals surface area (Å²) in [7, 11) is 0. The maximum Gasteiger partial charge on any atom is 0.176 e. The van der Waals surface area contributed by atoms with E-state index >= 15 is 0 Å². The fourth-order valence-corrected chi connectivity index (χ4v) is 3.27. The molecule has 25 heavy (non-hydrogen) atoms. The topological polar surface area (TPSA) is 64.9 Å². The highest BCUT2D eigenvalue weighted by Crippen LogP contribution is 2.30. The van der Waals surface area contributed by atoms with Crippen LogP contribution in [0.15, 0.2) is 48.5 Å². The number of ether oxygens (including phenoxy) is 1. The minimum absolute atomic E-state index is 0.0404. The molecule has 1 aliphatic rings. The van der Waals surface area contributed by atoms with Crippen LogP contribution in [0.25, 0.3) is 5.82 Å². The smallest absolute Gasteiger partial charge is 0.176 e. The summed E-state index contributed by atoms with van der Waals surface area (Å²) in [5.41, 5.74) is 3.20. The van der Waals surface area contributed by atoms with Crippen molar-refractivity contribution in [3.05, 3.63) is 65.5 Å². The molecule has 0 saturated carbocycles. The zero-order valence-corrected chi connectivity index (χ0v) is 14.4. The molecule has 0 radical (unpaired) electrons. The first kappa shape index (κ1) is 15.8. The molecule has 6 heteroatoms. The van der Waals surface area contributed by atoms with E-state index in [2.05, 4.69) is 32.7 Å². The number of anilines is 1. The third-order valence-electron chi connectivity index (χ3n) is 4.43. The average molecular weight is 335 g/mol. The van der Waals surface area contributed by atoms with E-state index in [1.807, 2.05) is 50.2 Å². The average Bonchev–Trinajstić information content (AvgIpc) is 3.22. The Balaban J connectivity index is 1.50. The molecule has 1 saturated heterocycles. The number of hydrogen-bond acceptors (Lipinski definition) is 5. The summed E-state index contributed by atoms with van der Waals surface area (Å²) in [6, 6.07) is 16.4. The van der Waals surface area contributed by atoms with Gasteiger partial charge in [-0.05, 0) is 44.0 Å². The van der Waals surface area contributed by atoms with Gasteiger partial charge in [0.15, 0.2) is 5.82 Å². The highest BCUT2D eigenvalue weighted by molar-refractivity contribution is 5.39. The third kappa shape index (κ3) is 3.25. The molecule has 1 aromatic carbocycles. The molecule has 0 aliphatic carbocycles. The lowest BCUT2D eigenvalue weighted by atomic mass is 10.0. The van der Waals surface area contributed by atoms with Crippen molar-refractivity contribution < 1.29 is 4.74 Å². The molecule has 0 amide bonds. The Morgan fingerprint density at radius 3 is 2.60 bits per heavy atom. The Hall–Kier alpha value is -2.73. The van der Waals surface area contributed by atoms with Crippen molar-refractivity contribution in [3.8, 4) is 5.82 Å². The lowest BCUT2D eigenvalue weighted by Gasteiger charge is -2.20. The quantitative estimate of drug-likeness (QED) is 0.793. The lowest BCUT2D eigenvalue weighted by Crippen LogP contribution is -2.24. The Bertz CT molecular complexity index is 844. The summed E-state index contributed by atoms with van der Waals surface area (Å²) < 4.78 is 7.71. The summed E-state index contributed by atoms with van der Waals surface area (Å²) in [6.07, 6.45) is 0.985. The second-order valence-corrected chi connectivity index (χ2v) is 6.36. The fraction of sp³-hybridized carbons (Fsp3) is 0.316. The summed E-state index contributed by atoms with van der Waals surface area (Å²) in [5, 5.41) is 16.5. The number of hydrogen-bond donors (Lipinski definition) is 1. The van der Waals surface area contributed by atoms with Gasteiger partial charge in [-0.2, -0.15) is 5.10 Å². The van der Waals surface area contributed by atoms with E-state index in [9.17, 15) is 0 Å². The van der Waals surface area contributed by atoms with E-state index in [-0.39, 0.29) is 12.1 Å². The van der Waals surface area contributed by atoms with Gasteiger partial charge in [-0.1, -0.05) is 30.3 Å². The molecule has 4 rings (SSSR count). The van der Waals surface area contributed by atoms with E-state index in [4.69, 9.17) is 4.74 Å². The summed E-state index contributed by atoms with van der Waals surface area (Å²) in [5.74, 6) is 1.47. The van der Waals surface area contributed by atoms with Gasteiger partial charge in [0.1, 0.15) is 11.9 Å². The molecule has 2 atom stereocenters. The Kier molecular flexibility index (Phi) is 4.19. The van der Waals surface area contributed by atoms with Gasteiger partial charge in [0.05, 0.1) is 11.7 Å². The molecule has 1 fully saturated rings. The van der Waals surface area contributed by atoms with Gasteiger partial charge >= 0.3 is 0 Å². The van der Waals surface area contributed by atoms with E-state index < -0.39 is 0 Å². The zero-order valence-electron chi connectivity index (χ0n) is 14.4. The van der Waals surface area contributed by atoms with Crippen LogP contribution in [0.5, 0.6) is 0 Å². The Morgan fingerprint density at radius 1 is 1.08 bits per heavy atom. The van der Waals surface area contributed by atoms with E-state index in [0.717, 1.165) is 36.1 Å². The maximum absolute atomic E-state index is 5.91. The van der Waals surface area contributed by atoms with Gasteiger partial charge in [-0.3, -0.25) is 0 Å². The van der Waals surface area contributed by atoms with Crippen molar-refractivity contribution in [1.82, 2.24) is 20.0 Å². The first-order chi connectivity index (χ1) is 12.2. The first-order valence-electron chi connectivity index (χ1n) is 8.51. The number of nitrogens with one attached hydrogen (secondary N) is 1. The first-order valence-corrected chi connectivity index (χ1v) is 8.51. The van der Waals surface area contributed by atoms with Crippen LogP contribution in [0.3, 0.4) is 0 Å². The summed E-state index contributed by atoms with van der Waals surface area (Å²) >= 11 is 0. The second-order valence-electron chi connectivity index (χ2n) is 6.36. The van der Waals surface area contributed by atoms with Crippen molar-refractivity contribution in [3.63, 3.8) is 0 Å². The van der Waals surface area contributed by atoms with Gasteiger partial charge in [-0.15, -0.1) is 10.2 Å². The highest BCUT2D eigenvalue weighted by Gasteiger charge is 2.29. The normalized spacial score (nSPS) is 19.9. The Morgan fingerprint density at radius 2 is 1.92 bits per heavy atom. The maximum atomic E-state index is 5.91. The molecule has 3 aromatic rings. The predicted octanol–water partition coefficient (Wildman–Crippen LogP) is 3.22. The van der Waals surface area contributed by atoms with Crippen LogP contribution in [0.2, 0.25) is 0 Å². The molecule has 0 spiro atoms. The monoisotopic (exact) mass is 335 g/mol. The van der Waals surface area contributed by atoms with Crippen LogP contribution in [-0.4, -0.2) is 32.6 Å². The summed E-state index contributed by atoms with van der Waals surface area (Å²) in [4.78, 5) is 0. The van der Waals surface area contributed by atoms with E-state index in [0.29, 0.717) is 0 Å². The molecule has 3 heterocycles. The minimum atomic E-state index is 0.0404. The van der Waals surface area contributed by atoms with Crippen molar-refractivity contribution in [2.24, 2.45) is 0 Å². The highest BCUT2D eigenvalue weighted by atomic mass is 16.5. The van der Waals surface area contributed by atoms with Gasteiger partial charge in [0.25, 0.3) is 0 Å². The van der Waals surface area contributed by atoms with Crippen molar-refractivity contribution >= 4 is 5.82 Å². The molecular formula is C19H21N5O. The largest absolute Gasteiger partial charge is 0.371 e. The molecule has 128 valence electrons. The molecule has 1 N–H and O–H groups in total. The van der Waals surface area contributed by atoms with Gasteiger partial charge in [0.2, 0.25) is 0 Å². The Labute approximate surface area is 146 Å². The number of aromatic nitrogens is 4. The summed E-state index contributed by atoms with van der Waals surface area (Å²) in [6.45, 7) is 4.72. The molecule has 2 aromatic heterocycles. The van der Waals surface area contributed by atoms with Crippen molar-refractivity contribution in [2.45, 2.75) is 32.4 Å². The van der Waals surface area contributed by atoms with Crippen molar-refractivity contribution in [1.29, 1.82) is 0 Å². The SMILES string of the molecule is Cc1cc(C)n(-c2ccc(N[C@H]3CCO[C@@H]3c3ccccc3)nn2)n1. The number of benzene rings is 1. The number of aryl methyl sites for hydroxylation is 2. The van der Waals surface area contributed by atoms with E-state index in [1.54, 1.807) is 4.68 Å². The molecule has 6 nitrogen and oxygen atoms in total. The van der Waals surface area contributed by atoms with Crippen LogP contribution in [-0.2, 0) is 4.74 Å². The standard InChI is InChI=1S/C19H21N5O/c1-13-12-14(2)24(23-13)18-9-8-17(21-22-18)20-16-10-11-25-19(16)15-6-4-3-5-7-15/h3-9,12,16,19H,10-11H2,1-2H3,(H,20,21)/t16-,19+/m0/s1. The van der Waals surface area contributed by atoms with Crippen molar-refractivity contribution in [2.75, 3.05) is 11.9 Å². The number of nitrogens with zero attached hydrogens (tertiary/aromatic N) is 4. The number of rotatable bonds is 4. The van der Waals surface area contributed by atoms with Crippen LogP contribution >= 0.6 is 0 Å². The molecule has 0 bridgehead atoms. The van der Waals surface area contributed by atoms with Gasteiger partial charge in [0, 0.05) is 12.3 Å². The fourth-order valence-electron chi connectivity index (χ4n) is 3.27. The second kappa shape index (κ2) is 6.64. The molecule has 0 unspecified atom stereocenters. The van der Waals surface area contributed by atoms with Crippen LogP contribution < -0.4 is 5.32 Å². The van der Waals surface area contributed by atoms with Crippen LogP contribution in [0.4, 0.5) is 5.82 Å². The van der Waals surface area contributed by atoms with Crippen LogP contribution in [0.1, 0.15) is 29.5 Å². The molecular weight excluding hydrogens is 314 g/mol. The molecule has 1 aliphatic heterocycles. The minimum Gasteiger partial charge on any atom is -0.371 e. The zero-order chi connectivity index (χ0) is 17.2. The third-order valence-corrected chi connectivity index (χ3v) is 4.43. The van der Waals surface area contributed by atoms with Crippen LogP contribution in [0, 0.1) is 13.8 Å². The lowest BCUT2D eigenvalue weighted by molar-refractivity contribution is 0.107. The van der Waals surface area contributed by atoms with Gasteiger partial charge < -0.3 is 10.1 Å².